The monoisotopic (exact) mass is 337 g/mol. The van der Waals surface area contributed by atoms with E-state index in [-0.39, 0.29) is 11.9 Å². The Bertz CT molecular complexity index is 693. The maximum Gasteiger partial charge on any atom is 0.186 e. The lowest BCUT2D eigenvalue weighted by Crippen LogP contribution is -2.35. The van der Waals surface area contributed by atoms with Gasteiger partial charge in [0.05, 0.1) is 11.9 Å². The SMILES string of the molecule is CCc1ncnc(NC[C@@H]2C[C@H](F)CN2Cc2cnoc2C)c1F. The number of nitrogens with one attached hydrogen (secondary N) is 1. The molecule has 1 aliphatic rings. The van der Waals surface area contributed by atoms with E-state index in [0.717, 1.165) is 11.3 Å². The second-order valence-corrected chi connectivity index (χ2v) is 6.04. The van der Waals surface area contributed by atoms with Crippen LogP contribution in [0.15, 0.2) is 17.0 Å². The summed E-state index contributed by atoms with van der Waals surface area (Å²) in [5.41, 5.74) is 1.31. The van der Waals surface area contributed by atoms with Gasteiger partial charge in [-0.05, 0) is 19.8 Å². The number of halogens is 2. The summed E-state index contributed by atoms with van der Waals surface area (Å²) >= 11 is 0. The Morgan fingerprint density at radius 3 is 2.96 bits per heavy atom. The number of likely N-dealkylation sites (tertiary alicyclic amines) is 1. The average Bonchev–Trinajstić information content (AvgIpc) is 3.12. The van der Waals surface area contributed by atoms with Gasteiger partial charge in [-0.25, -0.2) is 18.7 Å². The van der Waals surface area contributed by atoms with Gasteiger partial charge in [-0.3, -0.25) is 4.90 Å². The summed E-state index contributed by atoms with van der Waals surface area (Å²) in [5, 5.41) is 6.76. The summed E-state index contributed by atoms with van der Waals surface area (Å²) < 4.78 is 33.1. The first-order chi connectivity index (χ1) is 11.6. The summed E-state index contributed by atoms with van der Waals surface area (Å²) in [6.45, 7) is 5.00. The van der Waals surface area contributed by atoms with Crippen LogP contribution < -0.4 is 5.32 Å². The van der Waals surface area contributed by atoms with Gasteiger partial charge in [0.15, 0.2) is 11.6 Å². The lowest BCUT2D eigenvalue weighted by molar-refractivity contribution is 0.239. The molecule has 0 bridgehead atoms. The average molecular weight is 337 g/mol. The molecule has 0 radical (unpaired) electrons. The lowest BCUT2D eigenvalue weighted by atomic mass is 10.2. The normalized spacial score (nSPS) is 21.3. The van der Waals surface area contributed by atoms with E-state index in [2.05, 4.69) is 20.4 Å². The summed E-state index contributed by atoms with van der Waals surface area (Å²) in [4.78, 5) is 9.88. The first-order valence-corrected chi connectivity index (χ1v) is 8.10. The largest absolute Gasteiger partial charge is 0.366 e. The lowest BCUT2D eigenvalue weighted by Gasteiger charge is -2.24. The van der Waals surface area contributed by atoms with Crippen molar-refractivity contribution in [1.82, 2.24) is 20.0 Å². The molecule has 0 spiro atoms. The van der Waals surface area contributed by atoms with Crippen molar-refractivity contribution >= 4 is 5.82 Å². The first kappa shape index (κ1) is 16.8. The van der Waals surface area contributed by atoms with Gasteiger partial charge >= 0.3 is 0 Å². The van der Waals surface area contributed by atoms with Crippen molar-refractivity contribution in [3.05, 3.63) is 35.4 Å². The standard InChI is InChI=1S/C16H21F2N5O/c1-3-14-15(18)16(21-9-20-14)19-6-13-4-12(17)8-23(13)7-11-5-22-24-10(11)2/h5,9,12-13H,3-4,6-8H2,1-2H3,(H,19,20,21)/t12-,13-/m0/s1. The Morgan fingerprint density at radius 1 is 1.42 bits per heavy atom. The molecule has 0 unspecified atom stereocenters. The minimum atomic E-state index is -0.890. The van der Waals surface area contributed by atoms with Crippen molar-refractivity contribution in [2.24, 2.45) is 0 Å². The number of rotatable bonds is 6. The van der Waals surface area contributed by atoms with Crippen molar-refractivity contribution in [1.29, 1.82) is 0 Å². The van der Waals surface area contributed by atoms with Crippen LogP contribution in [0.25, 0.3) is 0 Å². The van der Waals surface area contributed by atoms with Gasteiger partial charge in [-0.2, -0.15) is 0 Å². The molecular formula is C16H21F2N5O. The number of aromatic nitrogens is 3. The van der Waals surface area contributed by atoms with Crippen LogP contribution in [0.5, 0.6) is 0 Å². The van der Waals surface area contributed by atoms with Gasteiger partial charge in [0.25, 0.3) is 0 Å². The Morgan fingerprint density at radius 2 is 2.25 bits per heavy atom. The predicted molar refractivity (Wildman–Crippen MR) is 84.8 cm³/mol. The van der Waals surface area contributed by atoms with Crippen molar-refractivity contribution in [3.8, 4) is 0 Å². The molecular weight excluding hydrogens is 316 g/mol. The summed E-state index contributed by atoms with van der Waals surface area (Å²) in [6.07, 6.45) is 3.01. The van der Waals surface area contributed by atoms with E-state index in [4.69, 9.17) is 4.52 Å². The molecule has 8 heteroatoms. The van der Waals surface area contributed by atoms with Crippen LogP contribution in [0.3, 0.4) is 0 Å². The van der Waals surface area contributed by atoms with Gasteiger partial charge in [-0.15, -0.1) is 0 Å². The van der Waals surface area contributed by atoms with E-state index in [9.17, 15) is 8.78 Å². The van der Waals surface area contributed by atoms with Gasteiger partial charge in [0.1, 0.15) is 18.3 Å². The quantitative estimate of drug-likeness (QED) is 0.874. The molecule has 2 aromatic rings. The molecule has 6 nitrogen and oxygen atoms in total. The summed E-state index contributed by atoms with van der Waals surface area (Å²) in [5.74, 6) is 0.472. The molecule has 3 rings (SSSR count). The van der Waals surface area contributed by atoms with E-state index >= 15 is 0 Å². The maximum absolute atomic E-state index is 14.2. The first-order valence-electron chi connectivity index (χ1n) is 8.10. The molecule has 2 aromatic heterocycles. The van der Waals surface area contributed by atoms with Crippen LogP contribution in [0, 0.1) is 12.7 Å². The maximum atomic E-state index is 14.2. The van der Waals surface area contributed by atoms with E-state index in [0.29, 0.717) is 38.2 Å². The van der Waals surface area contributed by atoms with E-state index in [1.54, 1.807) is 6.20 Å². The number of hydrogen-bond donors (Lipinski definition) is 1. The van der Waals surface area contributed by atoms with Crippen LogP contribution in [-0.4, -0.2) is 45.3 Å². The van der Waals surface area contributed by atoms with Crippen molar-refractivity contribution in [2.75, 3.05) is 18.4 Å². The second kappa shape index (κ2) is 7.21. The summed E-state index contributed by atoms with van der Waals surface area (Å²) in [7, 11) is 0. The highest BCUT2D eigenvalue weighted by Crippen LogP contribution is 2.24. The molecule has 3 heterocycles. The Hall–Kier alpha value is -2.09. The highest BCUT2D eigenvalue weighted by Gasteiger charge is 2.32. The minimum absolute atomic E-state index is 0.0475. The van der Waals surface area contributed by atoms with E-state index in [1.807, 2.05) is 18.7 Å². The van der Waals surface area contributed by atoms with Gasteiger partial charge in [-0.1, -0.05) is 12.1 Å². The number of alkyl halides is 1. The number of hydrogen-bond acceptors (Lipinski definition) is 6. The fraction of sp³-hybridized carbons (Fsp3) is 0.562. The fourth-order valence-corrected chi connectivity index (χ4v) is 3.01. The van der Waals surface area contributed by atoms with Crippen molar-refractivity contribution in [2.45, 2.75) is 45.4 Å². The zero-order chi connectivity index (χ0) is 17.1. The molecule has 0 aromatic carbocycles. The third-order valence-corrected chi connectivity index (χ3v) is 4.40. The highest BCUT2D eigenvalue weighted by molar-refractivity contribution is 5.37. The number of nitrogens with zero attached hydrogens (tertiary/aromatic N) is 4. The molecule has 24 heavy (non-hydrogen) atoms. The van der Waals surface area contributed by atoms with Gasteiger partial charge in [0.2, 0.25) is 0 Å². The zero-order valence-electron chi connectivity index (χ0n) is 13.8. The third kappa shape index (κ3) is 3.53. The molecule has 0 aliphatic carbocycles. The predicted octanol–water partition coefficient (Wildman–Crippen LogP) is 2.50. The number of anilines is 1. The molecule has 1 fully saturated rings. The molecule has 1 saturated heterocycles. The number of aryl methyl sites for hydroxylation is 2. The Balaban J connectivity index is 1.66. The van der Waals surface area contributed by atoms with Gasteiger partial charge < -0.3 is 9.84 Å². The topological polar surface area (TPSA) is 67.1 Å². The fourth-order valence-electron chi connectivity index (χ4n) is 3.01. The molecule has 1 aliphatic heterocycles. The van der Waals surface area contributed by atoms with Crippen LogP contribution in [-0.2, 0) is 13.0 Å². The molecule has 2 atom stereocenters. The second-order valence-electron chi connectivity index (χ2n) is 6.04. The van der Waals surface area contributed by atoms with E-state index < -0.39 is 12.0 Å². The Kier molecular flexibility index (Phi) is 5.03. The third-order valence-electron chi connectivity index (χ3n) is 4.40. The van der Waals surface area contributed by atoms with Crippen LogP contribution >= 0.6 is 0 Å². The van der Waals surface area contributed by atoms with Crippen molar-refractivity contribution < 1.29 is 13.3 Å². The molecule has 0 amide bonds. The van der Waals surface area contributed by atoms with Crippen LogP contribution in [0.1, 0.15) is 30.4 Å². The zero-order valence-corrected chi connectivity index (χ0v) is 13.8. The molecule has 0 saturated carbocycles. The van der Waals surface area contributed by atoms with Crippen molar-refractivity contribution in [3.63, 3.8) is 0 Å². The van der Waals surface area contributed by atoms with Crippen LogP contribution in [0.4, 0.5) is 14.6 Å². The highest BCUT2D eigenvalue weighted by atomic mass is 19.1. The summed E-state index contributed by atoms with van der Waals surface area (Å²) in [6, 6.07) is -0.0475. The smallest absolute Gasteiger partial charge is 0.186 e. The molecule has 130 valence electrons. The molecule has 1 N–H and O–H groups in total. The minimum Gasteiger partial charge on any atom is -0.366 e. The van der Waals surface area contributed by atoms with Gasteiger partial charge in [0, 0.05) is 31.2 Å². The van der Waals surface area contributed by atoms with Crippen LogP contribution in [0.2, 0.25) is 0 Å². The van der Waals surface area contributed by atoms with E-state index in [1.165, 1.54) is 6.33 Å². The Labute approximate surface area is 139 Å².